The average Bonchev–Trinajstić information content (AvgIpc) is 2.27. The Morgan fingerprint density at radius 1 is 1.27 bits per heavy atom. The van der Waals surface area contributed by atoms with Gasteiger partial charge >= 0.3 is 0 Å². The van der Waals surface area contributed by atoms with Gasteiger partial charge in [0.15, 0.2) is 5.78 Å². The third-order valence-corrected chi connectivity index (χ3v) is 3.00. The van der Waals surface area contributed by atoms with Crippen LogP contribution in [0.1, 0.15) is 58.8 Å². The molecule has 0 aromatic rings. The van der Waals surface area contributed by atoms with Gasteiger partial charge in [0, 0.05) is 6.42 Å². The lowest BCUT2D eigenvalue weighted by atomic mass is 9.89. The van der Waals surface area contributed by atoms with Gasteiger partial charge in [-0.05, 0) is 32.1 Å². The predicted octanol–water partition coefficient (Wildman–Crippen LogP) is 3.24. The maximum atomic E-state index is 11.7. The first kappa shape index (κ1) is 14.4. The number of allylic oxidation sites excluding steroid dienone is 1. The van der Waals surface area contributed by atoms with Crippen LogP contribution < -0.4 is 0 Å². The van der Waals surface area contributed by atoms with Gasteiger partial charge in [-0.25, -0.2) is 0 Å². The van der Waals surface area contributed by atoms with Gasteiger partial charge in [0.05, 0.1) is 0 Å². The zero-order valence-electron chi connectivity index (χ0n) is 10.1. The van der Waals surface area contributed by atoms with Gasteiger partial charge in [-0.2, -0.15) is 0 Å². The van der Waals surface area contributed by atoms with Crippen LogP contribution in [0.3, 0.4) is 0 Å². The third kappa shape index (κ3) is 5.12. The van der Waals surface area contributed by atoms with Gasteiger partial charge in [-0.3, -0.25) is 4.79 Å². The monoisotopic (exact) mass is 212 g/mol. The molecule has 1 N–H and O–H groups in total. The van der Waals surface area contributed by atoms with Crippen LogP contribution in [0, 0.1) is 0 Å². The van der Waals surface area contributed by atoms with Crippen LogP contribution in [0.15, 0.2) is 12.7 Å². The van der Waals surface area contributed by atoms with Gasteiger partial charge in [-0.1, -0.05) is 26.3 Å². The van der Waals surface area contributed by atoms with Gasteiger partial charge in [0.1, 0.15) is 5.60 Å². The van der Waals surface area contributed by atoms with E-state index >= 15 is 0 Å². The first-order chi connectivity index (χ1) is 7.10. The maximum Gasteiger partial charge on any atom is 0.164 e. The highest BCUT2D eigenvalue weighted by molar-refractivity contribution is 5.86. The molecule has 0 aliphatic carbocycles. The van der Waals surface area contributed by atoms with E-state index in [1.54, 1.807) is 0 Å². The van der Waals surface area contributed by atoms with E-state index in [4.69, 9.17) is 0 Å². The lowest BCUT2D eigenvalue weighted by Gasteiger charge is -2.23. The lowest BCUT2D eigenvalue weighted by Crippen LogP contribution is -2.36. The Labute approximate surface area is 93.4 Å². The van der Waals surface area contributed by atoms with Crippen molar-refractivity contribution in [1.29, 1.82) is 0 Å². The summed E-state index contributed by atoms with van der Waals surface area (Å²) in [5.41, 5.74) is -1.07. The number of aliphatic hydroxyl groups is 1. The van der Waals surface area contributed by atoms with Crippen LogP contribution in [-0.2, 0) is 4.79 Å². The van der Waals surface area contributed by atoms with E-state index in [1.165, 1.54) is 0 Å². The highest BCUT2D eigenvalue weighted by Gasteiger charge is 2.30. The van der Waals surface area contributed by atoms with Crippen molar-refractivity contribution < 1.29 is 9.90 Å². The zero-order chi connectivity index (χ0) is 11.7. The molecule has 0 unspecified atom stereocenters. The second-order valence-corrected chi connectivity index (χ2v) is 4.05. The molecule has 0 saturated heterocycles. The molecule has 0 bridgehead atoms. The second-order valence-electron chi connectivity index (χ2n) is 4.05. The summed E-state index contributed by atoms with van der Waals surface area (Å²) in [6, 6.07) is 0. The van der Waals surface area contributed by atoms with E-state index in [-0.39, 0.29) is 5.78 Å². The maximum absolute atomic E-state index is 11.7. The number of hydrogen-bond acceptors (Lipinski definition) is 2. The van der Waals surface area contributed by atoms with E-state index in [9.17, 15) is 9.90 Å². The molecule has 0 spiro atoms. The Balaban J connectivity index is 3.77. The van der Waals surface area contributed by atoms with Crippen molar-refractivity contribution in [2.24, 2.45) is 0 Å². The summed E-state index contributed by atoms with van der Waals surface area (Å²) in [7, 11) is 0. The predicted molar refractivity (Wildman–Crippen MR) is 63.8 cm³/mol. The first-order valence-electron chi connectivity index (χ1n) is 5.97. The molecule has 0 aromatic heterocycles. The van der Waals surface area contributed by atoms with Crippen LogP contribution in [-0.4, -0.2) is 16.5 Å². The summed E-state index contributed by atoms with van der Waals surface area (Å²) in [5, 5.41) is 9.93. The largest absolute Gasteiger partial charge is 0.382 e. The number of unbranched alkanes of at least 4 members (excludes halogenated alkanes) is 3. The normalized spacial score (nSPS) is 11.4. The quantitative estimate of drug-likeness (QED) is 0.470. The van der Waals surface area contributed by atoms with Crippen molar-refractivity contribution in [1.82, 2.24) is 0 Å². The number of rotatable bonds is 9. The Morgan fingerprint density at radius 3 is 2.33 bits per heavy atom. The molecule has 2 nitrogen and oxygen atoms in total. The molecular weight excluding hydrogens is 188 g/mol. The van der Waals surface area contributed by atoms with E-state index < -0.39 is 5.60 Å². The fourth-order valence-electron chi connectivity index (χ4n) is 1.63. The van der Waals surface area contributed by atoms with Crippen LogP contribution in [0.25, 0.3) is 0 Å². The van der Waals surface area contributed by atoms with Crippen molar-refractivity contribution in [2.75, 3.05) is 0 Å². The van der Waals surface area contributed by atoms with Crippen molar-refractivity contribution in [3.8, 4) is 0 Å². The fourth-order valence-corrected chi connectivity index (χ4v) is 1.63. The third-order valence-electron chi connectivity index (χ3n) is 3.00. The number of ketones is 1. The molecule has 0 radical (unpaired) electrons. The van der Waals surface area contributed by atoms with Crippen molar-refractivity contribution in [2.45, 2.75) is 64.4 Å². The topological polar surface area (TPSA) is 37.3 Å². The molecule has 2 heteroatoms. The SMILES string of the molecule is C=CCCCCCC(=O)C(O)(CC)CC. The van der Waals surface area contributed by atoms with Crippen LogP contribution in [0.5, 0.6) is 0 Å². The van der Waals surface area contributed by atoms with E-state index in [0.29, 0.717) is 19.3 Å². The minimum absolute atomic E-state index is 0.00565. The van der Waals surface area contributed by atoms with Crippen LogP contribution in [0.4, 0.5) is 0 Å². The highest BCUT2D eigenvalue weighted by Crippen LogP contribution is 2.19. The summed E-state index contributed by atoms with van der Waals surface area (Å²) in [6.07, 6.45) is 7.49. The molecular formula is C13H24O2. The van der Waals surface area contributed by atoms with E-state index in [1.807, 2.05) is 19.9 Å². The Morgan fingerprint density at radius 2 is 1.87 bits per heavy atom. The molecule has 15 heavy (non-hydrogen) atoms. The second kappa shape index (κ2) is 7.63. The summed E-state index contributed by atoms with van der Waals surface area (Å²) in [6.45, 7) is 7.37. The molecule has 0 fully saturated rings. The molecule has 0 atom stereocenters. The summed E-state index contributed by atoms with van der Waals surface area (Å²) in [4.78, 5) is 11.7. The van der Waals surface area contributed by atoms with Crippen molar-refractivity contribution >= 4 is 5.78 Å². The molecule has 0 aromatic carbocycles. The average molecular weight is 212 g/mol. The van der Waals surface area contributed by atoms with Gasteiger partial charge in [-0.15, -0.1) is 6.58 Å². The zero-order valence-corrected chi connectivity index (χ0v) is 10.1. The summed E-state index contributed by atoms with van der Waals surface area (Å²) in [5.74, 6) is 0.00565. The van der Waals surface area contributed by atoms with Crippen LogP contribution >= 0.6 is 0 Å². The highest BCUT2D eigenvalue weighted by atomic mass is 16.3. The minimum atomic E-state index is -1.07. The molecule has 0 rings (SSSR count). The molecule has 0 aliphatic heterocycles. The van der Waals surface area contributed by atoms with Crippen molar-refractivity contribution in [3.63, 3.8) is 0 Å². The molecule has 0 saturated carbocycles. The summed E-state index contributed by atoms with van der Waals surface area (Å²) >= 11 is 0. The van der Waals surface area contributed by atoms with Gasteiger partial charge < -0.3 is 5.11 Å². The number of hydrogen-bond donors (Lipinski definition) is 1. The Kier molecular flexibility index (Phi) is 7.31. The number of carbonyl (C=O) groups excluding carboxylic acids is 1. The van der Waals surface area contributed by atoms with Crippen molar-refractivity contribution in [3.05, 3.63) is 12.7 Å². The standard InChI is InChI=1S/C13H24O2/c1-4-7-8-9-10-11-12(14)13(15,5-2)6-3/h4,15H,1,5-11H2,2-3H3. The Hall–Kier alpha value is -0.630. The molecule has 0 heterocycles. The smallest absolute Gasteiger partial charge is 0.164 e. The van der Waals surface area contributed by atoms with Gasteiger partial charge in [0.25, 0.3) is 0 Å². The first-order valence-corrected chi connectivity index (χ1v) is 5.97. The fraction of sp³-hybridized carbons (Fsp3) is 0.769. The lowest BCUT2D eigenvalue weighted by molar-refractivity contribution is -0.138. The minimum Gasteiger partial charge on any atom is -0.382 e. The van der Waals surface area contributed by atoms with Crippen LogP contribution in [0.2, 0.25) is 0 Å². The number of carbonyl (C=O) groups is 1. The Bertz CT molecular complexity index is 193. The number of Topliss-reactive ketones (excluding diaryl/α,β-unsaturated/α-hetero) is 1. The summed E-state index contributed by atoms with van der Waals surface area (Å²) < 4.78 is 0. The van der Waals surface area contributed by atoms with Gasteiger partial charge in [0.2, 0.25) is 0 Å². The van der Waals surface area contributed by atoms with E-state index in [0.717, 1.165) is 25.7 Å². The molecule has 0 amide bonds. The molecule has 0 aliphatic rings. The molecule has 88 valence electrons. The van der Waals surface area contributed by atoms with E-state index in [2.05, 4.69) is 6.58 Å².